The molecule has 0 bridgehead atoms. The molecule has 1 aromatic heterocycles. The van der Waals surface area contributed by atoms with Crippen LogP contribution in [0, 0.1) is 11.3 Å². The Hall–Kier alpha value is -3.52. The first-order valence-corrected chi connectivity index (χ1v) is 7.73. The minimum absolute atomic E-state index is 0.0404. The second-order valence-corrected chi connectivity index (χ2v) is 5.43. The number of carbonyl (C=O) groups is 1. The summed E-state index contributed by atoms with van der Waals surface area (Å²) >= 11 is 0. The van der Waals surface area contributed by atoms with Crippen LogP contribution in [0.5, 0.6) is 5.75 Å². The third-order valence-electron chi connectivity index (χ3n) is 3.81. The molecular formula is C20H16N3O2+. The smallest absolute Gasteiger partial charge is 0.287 e. The third kappa shape index (κ3) is 3.70. The van der Waals surface area contributed by atoms with Gasteiger partial charge < -0.3 is 4.74 Å². The van der Waals surface area contributed by atoms with Gasteiger partial charge in [-0.05, 0) is 41.4 Å². The number of ether oxygens (including phenoxy) is 1. The highest BCUT2D eigenvalue weighted by Crippen LogP contribution is 2.26. The van der Waals surface area contributed by atoms with Gasteiger partial charge in [0, 0.05) is 11.6 Å². The Morgan fingerprint density at radius 2 is 1.92 bits per heavy atom. The number of hydrogen-bond acceptors (Lipinski definition) is 4. The molecule has 0 spiro atoms. The Kier molecular flexibility index (Phi) is 4.82. The topological polar surface area (TPSA) is 66.9 Å². The maximum absolute atomic E-state index is 12.3. The number of rotatable bonds is 5. The van der Waals surface area contributed by atoms with Crippen molar-refractivity contribution >= 4 is 5.78 Å². The summed E-state index contributed by atoms with van der Waals surface area (Å²) in [7, 11) is 1.62. The van der Waals surface area contributed by atoms with Crippen LogP contribution in [0.3, 0.4) is 0 Å². The first-order chi connectivity index (χ1) is 12.2. The standard InChI is InChI=1S/C20H16N3O2/c1-25-20-5-3-2-4-17(20)18-10-11-23(14-22-18)13-19(24)16-8-6-15(12-21)7-9-16/h2-11,14H,13H2,1H3/q+1. The van der Waals surface area contributed by atoms with Gasteiger partial charge in [-0.25, -0.2) is 4.57 Å². The fourth-order valence-corrected chi connectivity index (χ4v) is 2.48. The molecule has 25 heavy (non-hydrogen) atoms. The minimum Gasteiger partial charge on any atom is -0.496 e. The van der Waals surface area contributed by atoms with Crippen LogP contribution in [0.15, 0.2) is 67.1 Å². The Morgan fingerprint density at radius 3 is 2.56 bits per heavy atom. The second kappa shape index (κ2) is 7.37. The Balaban J connectivity index is 1.76. The summed E-state index contributed by atoms with van der Waals surface area (Å²) in [6, 6.07) is 18.1. The van der Waals surface area contributed by atoms with Gasteiger partial charge in [0.2, 0.25) is 5.78 Å². The second-order valence-electron chi connectivity index (χ2n) is 5.43. The fourth-order valence-electron chi connectivity index (χ4n) is 2.48. The molecule has 5 nitrogen and oxygen atoms in total. The molecule has 2 aromatic carbocycles. The number of benzene rings is 2. The predicted molar refractivity (Wildman–Crippen MR) is 91.9 cm³/mol. The van der Waals surface area contributed by atoms with Gasteiger partial charge >= 0.3 is 0 Å². The molecule has 122 valence electrons. The lowest BCUT2D eigenvalue weighted by atomic mass is 10.1. The number of nitriles is 1. The van der Waals surface area contributed by atoms with E-state index < -0.39 is 0 Å². The van der Waals surface area contributed by atoms with Crippen molar-refractivity contribution in [3.63, 3.8) is 0 Å². The molecule has 0 saturated heterocycles. The van der Waals surface area contributed by atoms with Crippen molar-refractivity contribution in [2.45, 2.75) is 6.54 Å². The molecule has 0 atom stereocenters. The van der Waals surface area contributed by atoms with Crippen LogP contribution in [-0.2, 0) is 6.54 Å². The molecule has 1 heterocycles. The summed E-state index contributed by atoms with van der Waals surface area (Å²) in [5.41, 5.74) is 2.78. The number of nitrogens with zero attached hydrogens (tertiary/aromatic N) is 3. The average Bonchev–Trinajstić information content (AvgIpc) is 2.68. The number of methoxy groups -OCH3 is 1. The SMILES string of the molecule is COc1ccccc1-c1cc[n+](CC(=O)c2ccc(C#N)cc2)cn1. The molecular weight excluding hydrogens is 314 g/mol. The molecule has 0 saturated carbocycles. The van der Waals surface area contributed by atoms with Crippen molar-refractivity contribution in [3.05, 3.63) is 78.2 Å². The zero-order chi connectivity index (χ0) is 17.6. The summed E-state index contributed by atoms with van der Waals surface area (Å²) in [4.78, 5) is 16.7. The van der Waals surface area contributed by atoms with E-state index >= 15 is 0 Å². The molecule has 0 aliphatic rings. The molecule has 0 aliphatic carbocycles. The zero-order valence-corrected chi connectivity index (χ0v) is 13.7. The van der Waals surface area contributed by atoms with E-state index in [1.54, 1.807) is 42.3 Å². The summed E-state index contributed by atoms with van der Waals surface area (Å²) in [5.74, 6) is 0.711. The van der Waals surface area contributed by atoms with Gasteiger partial charge in [-0.15, -0.1) is 0 Å². The van der Waals surface area contributed by atoms with Gasteiger partial charge in [0.05, 0.1) is 30.5 Å². The van der Waals surface area contributed by atoms with E-state index in [1.807, 2.05) is 42.6 Å². The van der Waals surface area contributed by atoms with Gasteiger partial charge in [-0.3, -0.25) is 4.79 Å². The number of carbonyl (C=O) groups excluding carboxylic acids is 1. The first-order valence-electron chi connectivity index (χ1n) is 7.73. The molecule has 0 radical (unpaired) electrons. The summed E-state index contributed by atoms with van der Waals surface area (Å²) in [6.45, 7) is 0.186. The highest BCUT2D eigenvalue weighted by Gasteiger charge is 2.14. The number of para-hydroxylation sites is 1. The fraction of sp³-hybridized carbons (Fsp3) is 0.100. The van der Waals surface area contributed by atoms with E-state index in [9.17, 15) is 4.79 Å². The molecule has 0 N–H and O–H groups in total. The van der Waals surface area contributed by atoms with Crippen LogP contribution in [0.1, 0.15) is 15.9 Å². The van der Waals surface area contributed by atoms with Crippen LogP contribution in [0.2, 0.25) is 0 Å². The van der Waals surface area contributed by atoms with Crippen LogP contribution in [0.25, 0.3) is 11.3 Å². The van der Waals surface area contributed by atoms with Crippen LogP contribution < -0.4 is 9.30 Å². The minimum atomic E-state index is -0.0404. The average molecular weight is 330 g/mol. The lowest BCUT2D eigenvalue weighted by molar-refractivity contribution is -0.686. The van der Waals surface area contributed by atoms with Crippen LogP contribution in [0.4, 0.5) is 0 Å². The van der Waals surface area contributed by atoms with Gasteiger partial charge in [0.1, 0.15) is 5.75 Å². The number of ketones is 1. The number of aromatic nitrogens is 2. The van der Waals surface area contributed by atoms with Crippen molar-refractivity contribution < 1.29 is 14.1 Å². The summed E-state index contributed by atoms with van der Waals surface area (Å²) in [6.07, 6.45) is 3.44. The van der Waals surface area contributed by atoms with E-state index in [0.717, 1.165) is 17.0 Å². The van der Waals surface area contributed by atoms with Crippen molar-refractivity contribution in [1.82, 2.24) is 4.98 Å². The lowest BCUT2D eigenvalue weighted by Crippen LogP contribution is -2.37. The van der Waals surface area contributed by atoms with Gasteiger partial charge in [0.15, 0.2) is 12.2 Å². The largest absolute Gasteiger partial charge is 0.496 e. The molecule has 0 aliphatic heterocycles. The summed E-state index contributed by atoms with van der Waals surface area (Å²) < 4.78 is 7.07. The highest BCUT2D eigenvalue weighted by atomic mass is 16.5. The van der Waals surface area contributed by atoms with Crippen molar-refractivity contribution in [2.24, 2.45) is 0 Å². The number of Topliss-reactive ketones (excluding diaryl/α,β-unsaturated/α-hetero) is 1. The molecule has 0 amide bonds. The van der Waals surface area contributed by atoms with Crippen LogP contribution in [-0.4, -0.2) is 17.9 Å². The Morgan fingerprint density at radius 1 is 1.16 bits per heavy atom. The van der Waals surface area contributed by atoms with Crippen LogP contribution >= 0.6 is 0 Å². The zero-order valence-electron chi connectivity index (χ0n) is 13.7. The van der Waals surface area contributed by atoms with E-state index in [4.69, 9.17) is 10.00 Å². The van der Waals surface area contributed by atoms with Crippen molar-refractivity contribution in [2.75, 3.05) is 7.11 Å². The summed E-state index contributed by atoms with van der Waals surface area (Å²) in [5, 5.41) is 8.80. The van der Waals surface area contributed by atoms with Gasteiger partial charge in [-0.2, -0.15) is 5.26 Å². The molecule has 5 heteroatoms. The highest BCUT2D eigenvalue weighted by molar-refractivity contribution is 5.95. The van der Waals surface area contributed by atoms with E-state index in [0.29, 0.717) is 11.1 Å². The first kappa shape index (κ1) is 16.3. The molecule has 0 fully saturated rings. The third-order valence-corrected chi connectivity index (χ3v) is 3.81. The maximum atomic E-state index is 12.3. The predicted octanol–water partition coefficient (Wildman–Crippen LogP) is 2.80. The lowest BCUT2D eigenvalue weighted by Gasteiger charge is -2.05. The van der Waals surface area contributed by atoms with E-state index in [-0.39, 0.29) is 12.3 Å². The molecule has 0 unspecified atom stereocenters. The number of hydrogen-bond donors (Lipinski definition) is 0. The van der Waals surface area contributed by atoms with Gasteiger partial charge in [0.25, 0.3) is 6.33 Å². The molecule has 3 rings (SSSR count). The van der Waals surface area contributed by atoms with Crippen molar-refractivity contribution in [3.8, 4) is 23.1 Å². The maximum Gasteiger partial charge on any atom is 0.287 e. The van der Waals surface area contributed by atoms with Crippen molar-refractivity contribution in [1.29, 1.82) is 5.26 Å². The quantitative estimate of drug-likeness (QED) is 0.533. The van der Waals surface area contributed by atoms with E-state index in [2.05, 4.69) is 4.98 Å². The Bertz CT molecular complexity index is 926. The van der Waals surface area contributed by atoms with Gasteiger partial charge in [-0.1, -0.05) is 12.1 Å². The monoisotopic (exact) mass is 330 g/mol. The normalized spacial score (nSPS) is 10.1. The molecule has 3 aromatic rings. The Labute approximate surface area is 145 Å². The van der Waals surface area contributed by atoms with E-state index in [1.165, 1.54) is 0 Å².